The third-order valence-electron chi connectivity index (χ3n) is 3.97. The maximum Gasteiger partial charge on any atom is 0.156 e. The van der Waals surface area contributed by atoms with Crippen molar-refractivity contribution in [2.75, 3.05) is 0 Å². The largest absolute Gasteiger partial charge is 0.409 e. The Hall–Kier alpha value is -0.810. The molecule has 2 bridgehead atoms. The van der Waals surface area contributed by atoms with Crippen molar-refractivity contribution in [2.45, 2.75) is 63.3 Å². The Labute approximate surface area is 95.9 Å². The molecule has 0 amide bonds. The normalized spacial score (nSPS) is 37.6. The SMILES string of the molecule is CCC(C(N)=NO)N1C2CCC1CC(O)C2. The van der Waals surface area contributed by atoms with Gasteiger partial charge < -0.3 is 16.0 Å². The van der Waals surface area contributed by atoms with Crippen LogP contribution in [0.15, 0.2) is 5.16 Å². The van der Waals surface area contributed by atoms with E-state index in [2.05, 4.69) is 10.1 Å². The van der Waals surface area contributed by atoms with E-state index in [9.17, 15) is 5.11 Å². The standard InChI is InChI=1S/C11H21N3O2/c1-2-10(11(12)13-16)14-7-3-4-8(14)6-9(15)5-7/h7-10,15-16H,2-6H2,1H3,(H2,12,13). The number of oxime groups is 1. The van der Waals surface area contributed by atoms with Gasteiger partial charge in [-0.25, -0.2) is 0 Å². The van der Waals surface area contributed by atoms with Gasteiger partial charge in [0.25, 0.3) is 0 Å². The molecular weight excluding hydrogens is 206 g/mol. The number of hydrogen-bond donors (Lipinski definition) is 3. The van der Waals surface area contributed by atoms with E-state index in [0.29, 0.717) is 17.9 Å². The molecule has 5 nitrogen and oxygen atoms in total. The summed E-state index contributed by atoms with van der Waals surface area (Å²) in [6, 6.07) is 0.827. The van der Waals surface area contributed by atoms with E-state index >= 15 is 0 Å². The Morgan fingerprint density at radius 1 is 1.44 bits per heavy atom. The molecule has 0 aromatic carbocycles. The second kappa shape index (κ2) is 4.59. The van der Waals surface area contributed by atoms with E-state index in [0.717, 1.165) is 32.1 Å². The summed E-state index contributed by atoms with van der Waals surface area (Å²) in [5, 5.41) is 21.7. The van der Waals surface area contributed by atoms with Gasteiger partial charge >= 0.3 is 0 Å². The predicted molar refractivity (Wildman–Crippen MR) is 61.4 cm³/mol. The van der Waals surface area contributed by atoms with E-state index in [1.54, 1.807) is 0 Å². The van der Waals surface area contributed by atoms with Crippen LogP contribution in [0, 0.1) is 0 Å². The minimum atomic E-state index is -0.168. The third-order valence-corrected chi connectivity index (χ3v) is 3.97. The first-order valence-corrected chi connectivity index (χ1v) is 6.10. The maximum absolute atomic E-state index is 9.72. The van der Waals surface area contributed by atoms with Crippen LogP contribution in [0.2, 0.25) is 0 Å². The van der Waals surface area contributed by atoms with E-state index in [1.165, 1.54) is 0 Å². The molecule has 16 heavy (non-hydrogen) atoms. The van der Waals surface area contributed by atoms with Gasteiger partial charge in [-0.2, -0.15) is 0 Å². The number of rotatable bonds is 3. The molecule has 4 N–H and O–H groups in total. The molecule has 2 heterocycles. The highest BCUT2D eigenvalue weighted by atomic mass is 16.4. The smallest absolute Gasteiger partial charge is 0.156 e. The van der Waals surface area contributed by atoms with Crippen molar-refractivity contribution in [3.05, 3.63) is 0 Å². The lowest BCUT2D eigenvalue weighted by atomic mass is 9.96. The summed E-state index contributed by atoms with van der Waals surface area (Å²) >= 11 is 0. The molecule has 2 saturated heterocycles. The van der Waals surface area contributed by atoms with E-state index in [-0.39, 0.29) is 12.1 Å². The zero-order chi connectivity index (χ0) is 11.7. The molecular formula is C11H21N3O2. The molecule has 0 aromatic rings. The number of nitrogens with two attached hydrogens (primary N) is 1. The van der Waals surface area contributed by atoms with Crippen LogP contribution in [0.1, 0.15) is 39.0 Å². The summed E-state index contributed by atoms with van der Waals surface area (Å²) in [4.78, 5) is 2.35. The Bertz CT molecular complexity index is 268. The molecule has 5 heteroatoms. The zero-order valence-corrected chi connectivity index (χ0v) is 9.71. The fourth-order valence-electron chi connectivity index (χ4n) is 3.33. The average molecular weight is 227 g/mol. The molecule has 3 unspecified atom stereocenters. The Morgan fingerprint density at radius 2 is 2.00 bits per heavy atom. The summed E-state index contributed by atoms with van der Waals surface area (Å²) < 4.78 is 0. The lowest BCUT2D eigenvalue weighted by Gasteiger charge is -2.41. The second-order valence-electron chi connectivity index (χ2n) is 4.91. The number of aliphatic hydroxyl groups excluding tert-OH is 1. The van der Waals surface area contributed by atoms with Crippen LogP contribution in [-0.2, 0) is 0 Å². The molecule has 0 aliphatic carbocycles. The molecule has 0 saturated carbocycles. The van der Waals surface area contributed by atoms with Crippen LogP contribution in [0.4, 0.5) is 0 Å². The molecule has 2 fully saturated rings. The molecule has 2 aliphatic heterocycles. The van der Waals surface area contributed by atoms with Gasteiger partial charge in [0, 0.05) is 12.1 Å². The van der Waals surface area contributed by atoms with Crippen molar-refractivity contribution in [1.29, 1.82) is 0 Å². The molecule has 0 spiro atoms. The van der Waals surface area contributed by atoms with Crippen LogP contribution in [0.5, 0.6) is 0 Å². The molecule has 0 aromatic heterocycles. The second-order valence-corrected chi connectivity index (χ2v) is 4.91. The summed E-state index contributed by atoms with van der Waals surface area (Å²) in [5.74, 6) is 0.302. The van der Waals surface area contributed by atoms with Gasteiger partial charge in [-0.3, -0.25) is 4.90 Å². The van der Waals surface area contributed by atoms with Crippen molar-refractivity contribution in [3.8, 4) is 0 Å². The first kappa shape index (κ1) is 11.7. The van der Waals surface area contributed by atoms with Gasteiger partial charge in [0.15, 0.2) is 5.84 Å². The van der Waals surface area contributed by atoms with Crippen LogP contribution in [0.3, 0.4) is 0 Å². The highest BCUT2D eigenvalue weighted by Crippen LogP contribution is 2.37. The highest BCUT2D eigenvalue weighted by molar-refractivity contribution is 5.85. The fourth-order valence-corrected chi connectivity index (χ4v) is 3.33. The minimum absolute atomic E-state index is 0.0231. The van der Waals surface area contributed by atoms with Crippen LogP contribution < -0.4 is 5.73 Å². The van der Waals surface area contributed by atoms with Crippen LogP contribution in [0.25, 0.3) is 0 Å². The number of nitrogens with zero attached hydrogens (tertiary/aromatic N) is 2. The minimum Gasteiger partial charge on any atom is -0.409 e. The van der Waals surface area contributed by atoms with Crippen molar-refractivity contribution in [2.24, 2.45) is 10.9 Å². The van der Waals surface area contributed by atoms with Crippen molar-refractivity contribution < 1.29 is 10.3 Å². The number of aliphatic hydroxyl groups is 1. The molecule has 0 radical (unpaired) electrons. The highest BCUT2D eigenvalue weighted by Gasteiger charge is 2.43. The van der Waals surface area contributed by atoms with E-state index < -0.39 is 0 Å². The van der Waals surface area contributed by atoms with Crippen LogP contribution in [-0.4, -0.2) is 45.3 Å². The van der Waals surface area contributed by atoms with Gasteiger partial charge in [0.2, 0.25) is 0 Å². The van der Waals surface area contributed by atoms with Gasteiger partial charge in [-0.05, 0) is 32.1 Å². The zero-order valence-electron chi connectivity index (χ0n) is 9.71. The molecule has 2 aliphatic rings. The van der Waals surface area contributed by atoms with Crippen molar-refractivity contribution >= 4 is 5.84 Å². The topological polar surface area (TPSA) is 82.1 Å². The number of piperidine rings is 1. The van der Waals surface area contributed by atoms with Crippen molar-refractivity contribution in [1.82, 2.24) is 4.90 Å². The van der Waals surface area contributed by atoms with Gasteiger partial charge in [0.05, 0.1) is 12.1 Å². The first-order valence-electron chi connectivity index (χ1n) is 6.10. The fraction of sp³-hybridized carbons (Fsp3) is 0.909. The van der Waals surface area contributed by atoms with E-state index in [4.69, 9.17) is 10.9 Å². The lowest BCUT2D eigenvalue weighted by molar-refractivity contribution is 0.0233. The lowest BCUT2D eigenvalue weighted by Crippen LogP contribution is -2.54. The summed E-state index contributed by atoms with van der Waals surface area (Å²) in [6.07, 6.45) is 4.57. The number of hydrogen-bond acceptors (Lipinski definition) is 4. The van der Waals surface area contributed by atoms with Gasteiger partial charge in [0.1, 0.15) is 0 Å². The summed E-state index contributed by atoms with van der Waals surface area (Å²) in [7, 11) is 0. The summed E-state index contributed by atoms with van der Waals surface area (Å²) in [5.41, 5.74) is 5.74. The average Bonchev–Trinajstić information content (AvgIpc) is 2.53. The summed E-state index contributed by atoms with van der Waals surface area (Å²) in [6.45, 7) is 2.05. The molecule has 3 atom stereocenters. The van der Waals surface area contributed by atoms with E-state index in [1.807, 2.05) is 6.92 Å². The van der Waals surface area contributed by atoms with Crippen molar-refractivity contribution in [3.63, 3.8) is 0 Å². The van der Waals surface area contributed by atoms with Gasteiger partial charge in [-0.15, -0.1) is 0 Å². The van der Waals surface area contributed by atoms with Gasteiger partial charge in [-0.1, -0.05) is 12.1 Å². The quantitative estimate of drug-likeness (QED) is 0.284. The predicted octanol–water partition coefficient (Wildman–Crippen LogP) is 0.499. The maximum atomic E-state index is 9.72. The molecule has 92 valence electrons. The number of amidine groups is 1. The Morgan fingerprint density at radius 3 is 2.44 bits per heavy atom. The first-order chi connectivity index (χ1) is 7.67. The monoisotopic (exact) mass is 227 g/mol. The third kappa shape index (κ3) is 1.89. The number of fused-ring (bicyclic) bond motifs is 2. The Balaban J connectivity index is 2.15. The van der Waals surface area contributed by atoms with Crippen LogP contribution >= 0.6 is 0 Å². The Kier molecular flexibility index (Phi) is 3.35. The molecule has 2 rings (SSSR count).